The van der Waals surface area contributed by atoms with Gasteiger partial charge in [0.25, 0.3) is 0 Å². The van der Waals surface area contributed by atoms with Gasteiger partial charge < -0.3 is 4.90 Å². The molecule has 3 aliphatic rings. The highest BCUT2D eigenvalue weighted by Crippen LogP contribution is 2.83. The normalized spacial score (nSPS) is 17.9. The van der Waals surface area contributed by atoms with E-state index in [1.165, 1.54) is 82.0 Å². The summed E-state index contributed by atoms with van der Waals surface area (Å²) in [7, 11) is -1.84. The number of nitrogens with zero attached hydrogens (tertiary/aromatic N) is 1. The monoisotopic (exact) mass is 701 g/mol. The number of fused-ring (bicyclic) bond motifs is 4. The van der Waals surface area contributed by atoms with E-state index in [1.54, 1.807) is 0 Å². The molecule has 2 heteroatoms. The molecule has 0 radical (unpaired) electrons. The fraction of sp³-hybridized carbons (Fsp3) is 0.137. The Morgan fingerprint density at radius 1 is 0.491 bits per heavy atom. The highest BCUT2D eigenvalue weighted by atomic mass is 32.3. The number of hydrogen-bond donors (Lipinski definition) is 0. The van der Waals surface area contributed by atoms with Crippen molar-refractivity contribution in [3.05, 3.63) is 203 Å². The predicted molar refractivity (Wildman–Crippen MR) is 227 cm³/mol. The molecule has 258 valence electrons. The summed E-state index contributed by atoms with van der Waals surface area (Å²) in [5.74, 6) is 0. The molecular formula is C51H43NS. The number of benzene rings is 7. The zero-order chi connectivity index (χ0) is 35.5. The molecule has 0 saturated heterocycles. The van der Waals surface area contributed by atoms with E-state index in [4.69, 9.17) is 0 Å². The molecule has 7 aromatic carbocycles. The van der Waals surface area contributed by atoms with Gasteiger partial charge >= 0.3 is 0 Å². The summed E-state index contributed by atoms with van der Waals surface area (Å²) in [4.78, 5) is 5.47. The van der Waals surface area contributed by atoms with E-state index in [-0.39, 0.29) is 10.5 Å². The Bertz CT molecular complexity index is 2540. The maximum absolute atomic E-state index is 2.60. The molecule has 0 N–H and O–H groups in total. The minimum atomic E-state index is -1.84. The molecule has 0 amide bonds. The number of anilines is 2. The quantitative estimate of drug-likeness (QED) is 0.167. The lowest BCUT2D eigenvalue weighted by molar-refractivity contribution is 0.766. The molecule has 10 rings (SSSR count). The van der Waals surface area contributed by atoms with Crippen LogP contribution in [0.2, 0.25) is 0 Å². The van der Waals surface area contributed by atoms with Gasteiger partial charge in [0.15, 0.2) is 0 Å². The lowest BCUT2D eigenvalue weighted by Crippen LogP contribution is -2.25. The topological polar surface area (TPSA) is 3.24 Å². The summed E-state index contributed by atoms with van der Waals surface area (Å²) >= 11 is 0. The van der Waals surface area contributed by atoms with Crippen LogP contribution in [-0.4, -0.2) is 6.54 Å². The molecule has 53 heavy (non-hydrogen) atoms. The third kappa shape index (κ3) is 4.92. The van der Waals surface area contributed by atoms with Gasteiger partial charge in [0.1, 0.15) is 0 Å². The standard InChI is InChI=1S/C51H43NS/c1-35-33-46-43(42-26-13-19-37-17-9-11-25-41(37)42)27-14-28-44(46)50(35)53(39-21-5-3-6-22-39,40-23-7-4-8-24-40)51-36(2)34-47-45(51)29-15-31-49(47)52-32-16-20-38-18-10-12-30-48(38)52/h3-15,17-19,21-31,33-34,50-51H,16,20,32H2,1-2H3. The van der Waals surface area contributed by atoms with E-state index in [0.29, 0.717) is 0 Å². The van der Waals surface area contributed by atoms with Crippen LogP contribution in [0.25, 0.3) is 34.1 Å². The van der Waals surface area contributed by atoms with Crippen molar-refractivity contribution in [2.24, 2.45) is 0 Å². The molecule has 7 aromatic rings. The molecule has 1 nitrogen and oxygen atoms in total. The van der Waals surface area contributed by atoms with Crippen LogP contribution in [0.4, 0.5) is 11.4 Å². The van der Waals surface area contributed by atoms with Crippen molar-refractivity contribution >= 4 is 44.3 Å². The Morgan fingerprint density at radius 2 is 1.04 bits per heavy atom. The van der Waals surface area contributed by atoms with Crippen molar-refractivity contribution in [3.63, 3.8) is 0 Å². The largest absolute Gasteiger partial charge is 0.341 e. The van der Waals surface area contributed by atoms with Crippen LogP contribution >= 0.6 is 10.0 Å². The Hall–Kier alpha value is -5.57. The SMILES string of the molecule is CC1=Cc2c(-c3cccc4ccccc34)cccc2C1S(c1ccccc1)(c1ccccc1)C1C(C)=Cc2c1cccc2N1CCCc2ccccc21. The predicted octanol–water partition coefficient (Wildman–Crippen LogP) is 14.1. The molecule has 0 fully saturated rings. The van der Waals surface area contributed by atoms with Gasteiger partial charge in [0.05, 0.1) is 0 Å². The Labute approximate surface area is 315 Å². The molecule has 2 atom stereocenters. The lowest BCUT2D eigenvalue weighted by atomic mass is 9.93. The van der Waals surface area contributed by atoms with Crippen LogP contribution in [0.3, 0.4) is 0 Å². The van der Waals surface area contributed by atoms with E-state index in [0.717, 1.165) is 19.4 Å². The van der Waals surface area contributed by atoms with Crippen LogP contribution < -0.4 is 4.90 Å². The van der Waals surface area contributed by atoms with Gasteiger partial charge in [-0.1, -0.05) is 151 Å². The van der Waals surface area contributed by atoms with E-state index in [9.17, 15) is 0 Å². The second kappa shape index (κ2) is 12.8. The zero-order valence-corrected chi connectivity index (χ0v) is 31.2. The van der Waals surface area contributed by atoms with Crippen LogP contribution in [0.15, 0.2) is 185 Å². The number of para-hydroxylation sites is 1. The van der Waals surface area contributed by atoms with Gasteiger partial charge in [0.2, 0.25) is 0 Å². The molecule has 0 saturated carbocycles. The van der Waals surface area contributed by atoms with Crippen molar-refractivity contribution < 1.29 is 0 Å². The summed E-state index contributed by atoms with van der Waals surface area (Å²) in [6.07, 6.45) is 7.38. The number of rotatable bonds is 6. The van der Waals surface area contributed by atoms with Crippen molar-refractivity contribution in [2.75, 3.05) is 11.4 Å². The fourth-order valence-electron chi connectivity index (χ4n) is 9.84. The molecular weight excluding hydrogens is 659 g/mol. The van der Waals surface area contributed by atoms with Crippen LogP contribution in [0, 0.1) is 0 Å². The summed E-state index contributed by atoms with van der Waals surface area (Å²) in [6.45, 7) is 5.85. The average molecular weight is 702 g/mol. The first-order chi connectivity index (χ1) is 26.1. The van der Waals surface area contributed by atoms with Crippen LogP contribution in [0.1, 0.15) is 58.6 Å². The Balaban J connectivity index is 1.24. The van der Waals surface area contributed by atoms with E-state index in [2.05, 4.69) is 195 Å². The van der Waals surface area contributed by atoms with E-state index < -0.39 is 10.0 Å². The van der Waals surface area contributed by atoms with Crippen molar-refractivity contribution in [3.8, 4) is 11.1 Å². The van der Waals surface area contributed by atoms with Crippen molar-refractivity contribution in [2.45, 2.75) is 47.0 Å². The summed E-state index contributed by atoms with van der Waals surface area (Å²) in [5.41, 5.74) is 15.3. The highest BCUT2D eigenvalue weighted by molar-refractivity contribution is 8.34. The molecule has 0 spiro atoms. The van der Waals surface area contributed by atoms with Crippen LogP contribution in [-0.2, 0) is 6.42 Å². The van der Waals surface area contributed by atoms with E-state index >= 15 is 0 Å². The lowest BCUT2D eigenvalue weighted by Gasteiger charge is -2.52. The third-order valence-corrected chi connectivity index (χ3v) is 16.7. The second-order valence-electron chi connectivity index (χ2n) is 14.9. The summed E-state index contributed by atoms with van der Waals surface area (Å²) in [5, 5.41) is 2.97. The van der Waals surface area contributed by atoms with Crippen molar-refractivity contribution in [1.82, 2.24) is 0 Å². The van der Waals surface area contributed by atoms with Crippen LogP contribution in [0.5, 0.6) is 0 Å². The number of hydrogen-bond acceptors (Lipinski definition) is 1. The van der Waals surface area contributed by atoms with Gasteiger partial charge in [-0.15, -0.1) is 0 Å². The van der Waals surface area contributed by atoms with E-state index in [1.807, 2.05) is 0 Å². The first-order valence-corrected chi connectivity index (χ1v) is 20.8. The van der Waals surface area contributed by atoms with Gasteiger partial charge in [-0.3, -0.25) is 0 Å². The Morgan fingerprint density at radius 3 is 1.79 bits per heavy atom. The molecule has 1 aliphatic heterocycles. The van der Waals surface area contributed by atoms with Gasteiger partial charge in [-0.05, 0) is 117 Å². The molecule has 0 bridgehead atoms. The maximum atomic E-state index is 2.60. The molecule has 0 aromatic heterocycles. The smallest absolute Gasteiger partial charge is 0.0487 e. The van der Waals surface area contributed by atoms with Gasteiger partial charge in [-0.25, -0.2) is 0 Å². The minimum absolute atomic E-state index is 0.191. The highest BCUT2D eigenvalue weighted by Gasteiger charge is 2.50. The minimum Gasteiger partial charge on any atom is -0.341 e. The molecule has 2 aliphatic carbocycles. The zero-order valence-electron chi connectivity index (χ0n) is 30.4. The van der Waals surface area contributed by atoms with Crippen molar-refractivity contribution in [1.29, 1.82) is 0 Å². The fourth-order valence-corrected chi connectivity index (χ4v) is 15.2. The first kappa shape index (κ1) is 32.1. The molecule has 2 unspecified atom stereocenters. The van der Waals surface area contributed by atoms with Gasteiger partial charge in [-0.2, -0.15) is 10.0 Å². The third-order valence-electron chi connectivity index (χ3n) is 11.9. The summed E-state index contributed by atoms with van der Waals surface area (Å²) in [6, 6.07) is 61.9. The first-order valence-electron chi connectivity index (χ1n) is 19.0. The van der Waals surface area contributed by atoms with Gasteiger partial charge in [0, 0.05) is 34.0 Å². The summed E-state index contributed by atoms with van der Waals surface area (Å²) < 4.78 is 0. The second-order valence-corrected chi connectivity index (χ2v) is 18.2. The Kier molecular flexibility index (Phi) is 7.77. The number of aryl methyl sites for hydroxylation is 1. The maximum Gasteiger partial charge on any atom is 0.0487 e. The molecule has 1 heterocycles. The average Bonchev–Trinajstić information content (AvgIpc) is 3.74.